The Balaban J connectivity index is 2.43. The molecule has 0 aliphatic rings. The number of ether oxygens (including phenoxy) is 1. The molecule has 5 nitrogen and oxygen atoms in total. The molecule has 1 unspecified atom stereocenters. The highest BCUT2D eigenvalue weighted by Gasteiger charge is 2.28. The van der Waals surface area contributed by atoms with E-state index in [1.807, 2.05) is 38.1 Å². The monoisotopic (exact) mass is 361 g/mol. The first-order valence-electron chi connectivity index (χ1n) is 7.92. The zero-order valence-electron chi connectivity index (χ0n) is 15.1. The summed E-state index contributed by atoms with van der Waals surface area (Å²) in [5.41, 5.74) is 2.81. The Morgan fingerprint density at radius 3 is 2.24 bits per heavy atom. The molecule has 0 fully saturated rings. The number of sulfonamides is 1. The molecule has 134 valence electrons. The van der Waals surface area contributed by atoms with E-state index in [4.69, 9.17) is 0 Å². The van der Waals surface area contributed by atoms with Crippen molar-refractivity contribution in [1.29, 1.82) is 0 Å². The standard InChI is InChI=1S/C19H23NO4S/c1-13-6-9-16(10-7-13)15(3)20(4)25(22,23)18-12-17(19(21)24-5)11-8-14(18)2/h6-12,15H,1-5H3. The van der Waals surface area contributed by atoms with Crippen LogP contribution in [-0.2, 0) is 14.8 Å². The van der Waals surface area contributed by atoms with Gasteiger partial charge >= 0.3 is 5.97 Å². The third kappa shape index (κ3) is 3.91. The van der Waals surface area contributed by atoms with Crippen molar-refractivity contribution in [3.8, 4) is 0 Å². The van der Waals surface area contributed by atoms with Gasteiger partial charge in [0.2, 0.25) is 10.0 Å². The molecule has 0 aliphatic carbocycles. The van der Waals surface area contributed by atoms with Gasteiger partial charge in [0.05, 0.1) is 17.6 Å². The summed E-state index contributed by atoms with van der Waals surface area (Å²) in [6.45, 7) is 5.52. The van der Waals surface area contributed by atoms with Gasteiger partial charge in [-0.25, -0.2) is 13.2 Å². The van der Waals surface area contributed by atoms with E-state index in [0.29, 0.717) is 5.56 Å². The molecule has 0 radical (unpaired) electrons. The van der Waals surface area contributed by atoms with Gasteiger partial charge < -0.3 is 4.74 Å². The topological polar surface area (TPSA) is 63.7 Å². The third-order valence-electron chi connectivity index (χ3n) is 4.37. The normalized spacial score (nSPS) is 12.9. The summed E-state index contributed by atoms with van der Waals surface area (Å²) in [5.74, 6) is -0.564. The van der Waals surface area contributed by atoms with Crippen LogP contribution in [-0.4, -0.2) is 32.8 Å². The molecule has 0 amide bonds. The first-order chi connectivity index (χ1) is 11.7. The molecule has 0 saturated heterocycles. The van der Waals surface area contributed by atoms with Crippen LogP contribution in [0.1, 0.15) is 40.0 Å². The van der Waals surface area contributed by atoms with Crippen molar-refractivity contribution in [3.63, 3.8) is 0 Å². The largest absolute Gasteiger partial charge is 0.465 e. The number of nitrogens with zero attached hydrogens (tertiary/aromatic N) is 1. The molecule has 0 aliphatic heterocycles. The van der Waals surface area contributed by atoms with Crippen LogP contribution in [0.5, 0.6) is 0 Å². The second kappa shape index (κ2) is 7.37. The fourth-order valence-corrected chi connectivity index (χ4v) is 4.14. The highest BCUT2D eigenvalue weighted by atomic mass is 32.2. The Morgan fingerprint density at radius 1 is 1.08 bits per heavy atom. The maximum absolute atomic E-state index is 13.1. The number of hydrogen-bond acceptors (Lipinski definition) is 4. The molecular weight excluding hydrogens is 338 g/mol. The number of benzene rings is 2. The number of aryl methyl sites for hydroxylation is 2. The van der Waals surface area contributed by atoms with Crippen LogP contribution in [0.3, 0.4) is 0 Å². The lowest BCUT2D eigenvalue weighted by Crippen LogP contribution is -2.30. The first kappa shape index (κ1) is 19.1. The van der Waals surface area contributed by atoms with Crippen LogP contribution in [0, 0.1) is 13.8 Å². The third-order valence-corrected chi connectivity index (χ3v) is 6.44. The van der Waals surface area contributed by atoms with Gasteiger partial charge in [-0.05, 0) is 44.0 Å². The van der Waals surface area contributed by atoms with Crippen molar-refractivity contribution in [2.45, 2.75) is 31.7 Å². The minimum absolute atomic E-state index is 0.108. The predicted octanol–water partition coefficient (Wildman–Crippen LogP) is 3.47. The van der Waals surface area contributed by atoms with E-state index in [1.54, 1.807) is 26.1 Å². The van der Waals surface area contributed by atoms with Gasteiger partial charge in [0, 0.05) is 13.1 Å². The van der Waals surface area contributed by atoms with Crippen LogP contribution < -0.4 is 0 Å². The second-order valence-corrected chi connectivity index (χ2v) is 8.05. The Bertz CT molecular complexity index is 873. The van der Waals surface area contributed by atoms with E-state index in [9.17, 15) is 13.2 Å². The van der Waals surface area contributed by atoms with Gasteiger partial charge in [-0.15, -0.1) is 0 Å². The van der Waals surface area contributed by atoms with Gasteiger partial charge in [-0.2, -0.15) is 4.31 Å². The van der Waals surface area contributed by atoms with Crippen LogP contribution >= 0.6 is 0 Å². The molecule has 6 heteroatoms. The maximum Gasteiger partial charge on any atom is 0.337 e. The van der Waals surface area contributed by atoms with E-state index in [-0.39, 0.29) is 16.5 Å². The predicted molar refractivity (Wildman–Crippen MR) is 97.1 cm³/mol. The van der Waals surface area contributed by atoms with E-state index in [2.05, 4.69) is 4.74 Å². The molecule has 2 rings (SSSR count). The van der Waals surface area contributed by atoms with Gasteiger partial charge in [0.1, 0.15) is 0 Å². The van der Waals surface area contributed by atoms with Crippen LogP contribution in [0.25, 0.3) is 0 Å². The molecule has 25 heavy (non-hydrogen) atoms. The summed E-state index contributed by atoms with van der Waals surface area (Å²) in [5, 5.41) is 0. The SMILES string of the molecule is COC(=O)c1ccc(C)c(S(=O)(=O)N(C)C(C)c2ccc(C)cc2)c1. The molecule has 0 aromatic heterocycles. The molecule has 0 saturated carbocycles. The fourth-order valence-electron chi connectivity index (χ4n) is 2.54. The summed E-state index contributed by atoms with van der Waals surface area (Å²) >= 11 is 0. The van der Waals surface area contributed by atoms with Crippen molar-refractivity contribution in [1.82, 2.24) is 4.31 Å². The van der Waals surface area contributed by atoms with Crippen LogP contribution in [0.15, 0.2) is 47.4 Å². The van der Waals surface area contributed by atoms with E-state index < -0.39 is 16.0 Å². The van der Waals surface area contributed by atoms with Crippen molar-refractivity contribution in [2.75, 3.05) is 14.2 Å². The second-order valence-electron chi connectivity index (χ2n) is 6.08. The summed E-state index contributed by atoms with van der Waals surface area (Å²) in [6, 6.07) is 12.0. The Morgan fingerprint density at radius 2 is 1.68 bits per heavy atom. The average molecular weight is 361 g/mol. The lowest BCUT2D eigenvalue weighted by molar-refractivity contribution is 0.0600. The van der Waals surface area contributed by atoms with Gasteiger partial charge in [-0.1, -0.05) is 35.9 Å². The molecule has 0 spiro atoms. The Kier molecular flexibility index (Phi) is 5.65. The number of methoxy groups -OCH3 is 1. The minimum atomic E-state index is -3.77. The minimum Gasteiger partial charge on any atom is -0.465 e. The number of carbonyl (C=O) groups excluding carboxylic acids is 1. The lowest BCUT2D eigenvalue weighted by Gasteiger charge is -2.25. The number of hydrogen-bond donors (Lipinski definition) is 0. The number of carbonyl (C=O) groups is 1. The Hall–Kier alpha value is -2.18. The maximum atomic E-state index is 13.1. The highest BCUT2D eigenvalue weighted by Crippen LogP contribution is 2.28. The summed E-state index contributed by atoms with van der Waals surface area (Å²) in [6.07, 6.45) is 0. The molecule has 0 N–H and O–H groups in total. The van der Waals surface area contributed by atoms with Crippen LogP contribution in [0.4, 0.5) is 0 Å². The summed E-state index contributed by atoms with van der Waals surface area (Å²) in [4.78, 5) is 11.8. The van der Waals surface area contributed by atoms with Crippen molar-refractivity contribution >= 4 is 16.0 Å². The zero-order valence-corrected chi connectivity index (χ0v) is 15.9. The van der Waals surface area contributed by atoms with E-state index in [0.717, 1.165) is 11.1 Å². The van der Waals surface area contributed by atoms with E-state index in [1.165, 1.54) is 17.5 Å². The van der Waals surface area contributed by atoms with Crippen molar-refractivity contribution in [2.24, 2.45) is 0 Å². The average Bonchev–Trinajstić information content (AvgIpc) is 2.60. The molecule has 2 aromatic rings. The van der Waals surface area contributed by atoms with Crippen LogP contribution in [0.2, 0.25) is 0 Å². The molecule has 0 heterocycles. The van der Waals surface area contributed by atoms with Crippen molar-refractivity contribution in [3.05, 3.63) is 64.7 Å². The summed E-state index contributed by atoms with van der Waals surface area (Å²) in [7, 11) is -0.954. The van der Waals surface area contributed by atoms with E-state index >= 15 is 0 Å². The Labute approximate surface area is 149 Å². The van der Waals surface area contributed by atoms with Gasteiger partial charge in [0.25, 0.3) is 0 Å². The first-order valence-corrected chi connectivity index (χ1v) is 9.36. The molecular formula is C19H23NO4S. The molecule has 0 bridgehead atoms. The fraction of sp³-hybridized carbons (Fsp3) is 0.316. The summed E-state index contributed by atoms with van der Waals surface area (Å²) < 4.78 is 32.1. The highest BCUT2D eigenvalue weighted by molar-refractivity contribution is 7.89. The molecule has 1 atom stereocenters. The smallest absolute Gasteiger partial charge is 0.337 e. The van der Waals surface area contributed by atoms with Gasteiger partial charge in [-0.3, -0.25) is 0 Å². The van der Waals surface area contributed by atoms with Crippen molar-refractivity contribution < 1.29 is 17.9 Å². The quantitative estimate of drug-likeness (QED) is 0.765. The molecule has 2 aromatic carbocycles. The zero-order chi connectivity index (χ0) is 18.8. The number of esters is 1. The van der Waals surface area contributed by atoms with Gasteiger partial charge in [0.15, 0.2) is 0 Å². The lowest BCUT2D eigenvalue weighted by atomic mass is 10.1. The number of rotatable bonds is 5.